The Bertz CT molecular complexity index is 1070. The van der Waals surface area contributed by atoms with E-state index in [9.17, 15) is 14.4 Å². The molecule has 0 radical (unpaired) electrons. The highest BCUT2D eigenvalue weighted by Gasteiger charge is 2.37. The third kappa shape index (κ3) is 4.42. The van der Waals surface area contributed by atoms with Crippen LogP contribution in [0.1, 0.15) is 54.3 Å². The van der Waals surface area contributed by atoms with Crippen molar-refractivity contribution in [2.45, 2.75) is 45.3 Å². The first kappa shape index (κ1) is 22.8. The second-order valence-electron chi connectivity index (χ2n) is 9.44. The summed E-state index contributed by atoms with van der Waals surface area (Å²) >= 11 is 0. The van der Waals surface area contributed by atoms with E-state index >= 15 is 4.39 Å². The van der Waals surface area contributed by atoms with Crippen molar-refractivity contribution in [1.82, 2.24) is 4.90 Å². The largest absolute Gasteiger partial charge is 0.444 e. The number of nitrogens with zero attached hydrogens (tertiary/aromatic N) is 3. The molecule has 2 aromatic carbocycles. The van der Waals surface area contributed by atoms with E-state index in [2.05, 4.69) is 0 Å². The van der Waals surface area contributed by atoms with Crippen LogP contribution in [0.5, 0.6) is 0 Å². The number of halogens is 1. The first-order valence-corrected chi connectivity index (χ1v) is 11.0. The highest BCUT2D eigenvalue weighted by Crippen LogP contribution is 2.32. The lowest BCUT2D eigenvalue weighted by atomic mass is 10.0. The molecule has 0 aliphatic carbocycles. The van der Waals surface area contributed by atoms with E-state index < -0.39 is 23.2 Å². The Balaban J connectivity index is 1.45. The van der Waals surface area contributed by atoms with Gasteiger partial charge in [-0.05, 0) is 57.9 Å². The van der Waals surface area contributed by atoms with Gasteiger partial charge in [0.05, 0.1) is 22.5 Å². The van der Waals surface area contributed by atoms with Crippen LogP contribution in [0.25, 0.3) is 0 Å². The van der Waals surface area contributed by atoms with Gasteiger partial charge in [0.25, 0.3) is 11.8 Å². The number of carbonyl (C=O) groups is 3. The summed E-state index contributed by atoms with van der Waals surface area (Å²) in [6.07, 6.45) is 1.02. The molecule has 7 nitrogen and oxygen atoms in total. The fourth-order valence-corrected chi connectivity index (χ4v) is 4.30. The van der Waals surface area contributed by atoms with Crippen LogP contribution in [-0.4, -0.2) is 54.6 Å². The average molecular weight is 454 g/mol. The van der Waals surface area contributed by atoms with Crippen LogP contribution >= 0.6 is 0 Å². The van der Waals surface area contributed by atoms with Gasteiger partial charge in [-0.3, -0.25) is 9.59 Å². The number of piperidine rings is 1. The van der Waals surface area contributed by atoms with Gasteiger partial charge in [0, 0.05) is 32.2 Å². The van der Waals surface area contributed by atoms with E-state index in [0.29, 0.717) is 42.7 Å². The number of anilines is 2. The summed E-state index contributed by atoms with van der Waals surface area (Å²) in [5, 5.41) is 0. The molecule has 2 aliphatic rings. The number of likely N-dealkylation sites (tertiary alicyclic amines) is 1. The smallest absolute Gasteiger partial charge is 0.410 e. The minimum absolute atomic E-state index is 0.0448. The van der Waals surface area contributed by atoms with Gasteiger partial charge in [-0.2, -0.15) is 0 Å². The van der Waals surface area contributed by atoms with E-state index in [-0.39, 0.29) is 17.8 Å². The van der Waals surface area contributed by atoms with Gasteiger partial charge in [0.15, 0.2) is 0 Å². The van der Waals surface area contributed by atoms with E-state index in [1.165, 1.54) is 6.07 Å². The van der Waals surface area contributed by atoms with Gasteiger partial charge in [0.2, 0.25) is 0 Å². The molecule has 0 aromatic heterocycles. The molecule has 1 fully saturated rings. The molecular weight excluding hydrogens is 425 g/mol. The lowest BCUT2D eigenvalue weighted by Crippen LogP contribution is -2.47. The number of hydrogen-bond donors (Lipinski definition) is 0. The zero-order valence-corrected chi connectivity index (χ0v) is 19.3. The number of fused-ring (bicyclic) bond motifs is 1. The third-order valence-electron chi connectivity index (χ3n) is 6.03. The molecule has 2 heterocycles. The Morgan fingerprint density at radius 3 is 2.12 bits per heavy atom. The topological polar surface area (TPSA) is 70.2 Å². The molecule has 8 heteroatoms. The molecular formula is C25H28FN3O4. The maximum atomic E-state index is 15.1. The van der Waals surface area contributed by atoms with Crippen LogP contribution in [0.4, 0.5) is 20.6 Å². The highest BCUT2D eigenvalue weighted by molar-refractivity contribution is 6.34. The second kappa shape index (κ2) is 8.50. The third-order valence-corrected chi connectivity index (χ3v) is 6.03. The Kier molecular flexibility index (Phi) is 5.86. The zero-order chi connectivity index (χ0) is 23.9. The highest BCUT2D eigenvalue weighted by atomic mass is 19.1. The van der Waals surface area contributed by atoms with Crippen LogP contribution in [-0.2, 0) is 4.74 Å². The van der Waals surface area contributed by atoms with Crippen LogP contribution < -0.4 is 9.80 Å². The number of hydrogen-bond acceptors (Lipinski definition) is 5. The Labute approximate surface area is 192 Å². The Morgan fingerprint density at radius 1 is 1.03 bits per heavy atom. The van der Waals surface area contributed by atoms with Crippen LogP contribution in [0.3, 0.4) is 0 Å². The summed E-state index contributed by atoms with van der Waals surface area (Å²) in [5.74, 6) is -1.42. The number of rotatable bonds is 3. The molecule has 33 heavy (non-hydrogen) atoms. The Morgan fingerprint density at radius 2 is 1.61 bits per heavy atom. The number of imide groups is 1. The molecule has 0 spiro atoms. The number of ether oxygens (including phenoxy) is 1. The number of benzene rings is 2. The van der Waals surface area contributed by atoms with Gasteiger partial charge in [0.1, 0.15) is 11.4 Å². The van der Waals surface area contributed by atoms with Crippen molar-refractivity contribution in [1.29, 1.82) is 0 Å². The molecule has 0 saturated carbocycles. The molecule has 0 bridgehead atoms. The fourth-order valence-electron chi connectivity index (χ4n) is 4.30. The van der Waals surface area contributed by atoms with Gasteiger partial charge < -0.3 is 14.5 Å². The Hall–Kier alpha value is -3.42. The molecule has 174 valence electrons. The van der Waals surface area contributed by atoms with Gasteiger partial charge in [-0.15, -0.1) is 0 Å². The summed E-state index contributed by atoms with van der Waals surface area (Å²) in [5.41, 5.74) is 0.679. The molecule has 1 saturated heterocycles. The second-order valence-corrected chi connectivity index (χ2v) is 9.44. The quantitative estimate of drug-likeness (QED) is 0.642. The van der Waals surface area contributed by atoms with Crippen molar-refractivity contribution in [3.63, 3.8) is 0 Å². The molecule has 0 unspecified atom stereocenters. The molecule has 2 aliphatic heterocycles. The monoisotopic (exact) mass is 453 g/mol. The maximum absolute atomic E-state index is 15.1. The van der Waals surface area contributed by atoms with Gasteiger partial charge in [-0.1, -0.05) is 12.1 Å². The number of amides is 3. The lowest BCUT2D eigenvalue weighted by molar-refractivity contribution is 0.0205. The minimum atomic E-state index is -0.547. The van der Waals surface area contributed by atoms with Crippen LogP contribution in [0.2, 0.25) is 0 Å². The first-order valence-electron chi connectivity index (χ1n) is 11.0. The maximum Gasteiger partial charge on any atom is 0.410 e. The van der Waals surface area contributed by atoms with E-state index in [4.69, 9.17) is 4.74 Å². The van der Waals surface area contributed by atoms with Crippen molar-refractivity contribution < 1.29 is 23.5 Å². The van der Waals surface area contributed by atoms with Gasteiger partial charge in [-0.25, -0.2) is 14.1 Å². The van der Waals surface area contributed by atoms with Crippen molar-refractivity contribution >= 4 is 29.3 Å². The van der Waals surface area contributed by atoms with E-state index in [0.717, 1.165) is 4.90 Å². The summed E-state index contributed by atoms with van der Waals surface area (Å²) in [6.45, 7) is 6.55. The SMILES string of the molecule is CN(c1ccc(N2C(=O)c3ccccc3C2=O)cc1F)C1CCN(C(=O)OC(C)(C)C)CC1. The summed E-state index contributed by atoms with van der Waals surface area (Å²) < 4.78 is 20.5. The van der Waals surface area contributed by atoms with Crippen LogP contribution in [0.15, 0.2) is 42.5 Å². The predicted octanol–water partition coefficient (Wildman–Crippen LogP) is 4.46. The molecule has 0 N–H and O–H groups in total. The van der Waals surface area contributed by atoms with E-state index in [1.807, 2.05) is 32.7 Å². The molecule has 2 aromatic rings. The van der Waals surface area contributed by atoms with Crippen molar-refractivity contribution in [2.24, 2.45) is 0 Å². The average Bonchev–Trinajstić information content (AvgIpc) is 3.02. The summed E-state index contributed by atoms with van der Waals surface area (Å²) in [7, 11) is 1.81. The van der Waals surface area contributed by atoms with Crippen LogP contribution in [0, 0.1) is 5.82 Å². The standard InChI is InChI=1S/C25H28FN3O4/c1-25(2,3)33-24(32)28-13-11-16(12-14-28)27(4)21-10-9-17(15-20(21)26)29-22(30)18-7-5-6-8-19(18)23(29)31/h5-10,15-16H,11-14H2,1-4H3. The molecule has 4 rings (SSSR count). The zero-order valence-electron chi connectivity index (χ0n) is 19.3. The van der Waals surface area contributed by atoms with E-state index in [1.54, 1.807) is 41.3 Å². The van der Waals surface area contributed by atoms with Crippen molar-refractivity contribution in [2.75, 3.05) is 29.9 Å². The predicted molar refractivity (Wildman–Crippen MR) is 123 cm³/mol. The normalized spacial score (nSPS) is 16.8. The van der Waals surface area contributed by atoms with Gasteiger partial charge >= 0.3 is 6.09 Å². The molecule has 0 atom stereocenters. The summed E-state index contributed by atoms with van der Waals surface area (Å²) in [6, 6.07) is 11.0. The summed E-state index contributed by atoms with van der Waals surface area (Å²) in [4.78, 5) is 42.2. The fraction of sp³-hybridized carbons (Fsp3) is 0.400. The van der Waals surface area contributed by atoms with Crippen molar-refractivity contribution in [3.8, 4) is 0 Å². The number of carbonyl (C=O) groups excluding carboxylic acids is 3. The first-order chi connectivity index (χ1) is 15.6. The molecule has 3 amide bonds. The minimum Gasteiger partial charge on any atom is -0.444 e. The lowest BCUT2D eigenvalue weighted by Gasteiger charge is -2.38. The van der Waals surface area contributed by atoms with Crippen molar-refractivity contribution in [3.05, 3.63) is 59.4 Å².